The Labute approximate surface area is 120 Å². The zero-order chi connectivity index (χ0) is 13.1. The second-order valence-electron chi connectivity index (χ2n) is 4.36. The van der Waals surface area contributed by atoms with Crippen LogP contribution in [0.4, 0.5) is 0 Å². The number of benzene rings is 1. The minimum absolute atomic E-state index is 0.110. The van der Waals surface area contributed by atoms with Crippen LogP contribution >= 0.6 is 27.3 Å². The minimum atomic E-state index is 0.110. The van der Waals surface area contributed by atoms with E-state index in [1.807, 2.05) is 13.0 Å². The van der Waals surface area contributed by atoms with E-state index in [2.05, 4.69) is 59.3 Å². The quantitative estimate of drug-likeness (QED) is 0.852. The second-order valence-corrected chi connectivity index (χ2v) is 6.33. The van der Waals surface area contributed by atoms with Gasteiger partial charge in [0.1, 0.15) is 0 Å². The molecule has 2 rings (SSSR count). The summed E-state index contributed by atoms with van der Waals surface area (Å²) in [6.07, 6.45) is 2.16. The van der Waals surface area contributed by atoms with Gasteiger partial charge in [-0.25, -0.2) is 0 Å². The van der Waals surface area contributed by atoms with Crippen molar-refractivity contribution in [1.82, 2.24) is 0 Å². The molecule has 2 aromatic rings. The van der Waals surface area contributed by atoms with Crippen LogP contribution in [0.15, 0.2) is 46.4 Å². The van der Waals surface area contributed by atoms with Crippen molar-refractivity contribution in [1.29, 1.82) is 0 Å². The summed E-state index contributed by atoms with van der Waals surface area (Å²) >= 11 is 5.37. The highest BCUT2D eigenvalue weighted by molar-refractivity contribution is 9.10. The van der Waals surface area contributed by atoms with Crippen molar-refractivity contribution in [3.05, 3.63) is 51.3 Å². The van der Waals surface area contributed by atoms with E-state index in [9.17, 15) is 0 Å². The monoisotopic (exact) mass is 321 g/mol. The molecule has 3 heteroatoms. The zero-order valence-corrected chi connectivity index (χ0v) is 12.9. The van der Waals surface area contributed by atoms with E-state index in [-0.39, 0.29) is 6.04 Å². The van der Waals surface area contributed by atoms with Gasteiger partial charge in [0.2, 0.25) is 0 Å². The van der Waals surface area contributed by atoms with Crippen LogP contribution in [0.3, 0.4) is 0 Å². The van der Waals surface area contributed by atoms with Gasteiger partial charge >= 0.3 is 0 Å². The molecule has 0 saturated carbocycles. The molecule has 0 bridgehead atoms. The fourth-order valence-corrected chi connectivity index (χ4v) is 3.28. The van der Waals surface area contributed by atoms with Crippen LogP contribution in [0.1, 0.15) is 18.7 Å². The highest BCUT2D eigenvalue weighted by Gasteiger charge is 2.05. The van der Waals surface area contributed by atoms with Gasteiger partial charge in [0.25, 0.3) is 0 Å². The lowest BCUT2D eigenvalue weighted by atomic mass is 10.1. The first kappa shape index (κ1) is 13.5. The van der Waals surface area contributed by atoms with E-state index in [1.54, 1.807) is 11.3 Å². The average molecular weight is 322 g/mol. The number of nitrogens with two attached hydrogens (primary N) is 1. The third-order valence-electron chi connectivity index (χ3n) is 2.85. The first-order valence-electron chi connectivity index (χ1n) is 5.86. The lowest BCUT2D eigenvalue weighted by Gasteiger charge is -2.03. The van der Waals surface area contributed by atoms with E-state index < -0.39 is 0 Å². The van der Waals surface area contributed by atoms with Crippen molar-refractivity contribution in [3.8, 4) is 10.4 Å². The summed E-state index contributed by atoms with van der Waals surface area (Å²) in [5, 5.41) is 0. The number of rotatable bonds is 3. The molecule has 0 aliphatic rings. The molecule has 1 heterocycles. The second kappa shape index (κ2) is 5.83. The van der Waals surface area contributed by atoms with Crippen molar-refractivity contribution in [2.24, 2.45) is 5.73 Å². The molecule has 0 amide bonds. The fraction of sp³-hybridized carbons (Fsp3) is 0.200. The summed E-state index contributed by atoms with van der Waals surface area (Å²) in [5.74, 6) is 0. The first-order valence-corrected chi connectivity index (χ1v) is 7.47. The van der Waals surface area contributed by atoms with Gasteiger partial charge in [0.05, 0.1) is 0 Å². The lowest BCUT2D eigenvalue weighted by Crippen LogP contribution is -2.15. The maximum atomic E-state index is 5.85. The number of thiophene rings is 1. The molecule has 1 nitrogen and oxygen atoms in total. The maximum Gasteiger partial charge on any atom is 0.0360 e. The van der Waals surface area contributed by atoms with Crippen LogP contribution in [-0.2, 0) is 0 Å². The third kappa shape index (κ3) is 3.10. The molecule has 1 atom stereocenters. The molecular formula is C15H16BrNS. The summed E-state index contributed by atoms with van der Waals surface area (Å²) in [6, 6.07) is 12.7. The van der Waals surface area contributed by atoms with Crippen LogP contribution in [0, 0.1) is 0 Å². The predicted molar refractivity (Wildman–Crippen MR) is 84.8 cm³/mol. The van der Waals surface area contributed by atoms with Gasteiger partial charge in [-0.1, -0.05) is 39.7 Å². The van der Waals surface area contributed by atoms with Gasteiger partial charge in [-0.05, 0) is 38.1 Å². The maximum absolute atomic E-state index is 5.85. The van der Waals surface area contributed by atoms with Crippen molar-refractivity contribution >= 4 is 33.3 Å². The van der Waals surface area contributed by atoms with E-state index in [4.69, 9.17) is 5.73 Å². The number of hydrogen-bond donors (Lipinski definition) is 1. The molecule has 1 aromatic carbocycles. The van der Waals surface area contributed by atoms with Crippen molar-refractivity contribution in [2.45, 2.75) is 19.9 Å². The highest BCUT2D eigenvalue weighted by atomic mass is 79.9. The summed E-state index contributed by atoms with van der Waals surface area (Å²) in [6.45, 7) is 4.08. The molecule has 0 saturated heterocycles. The molecule has 2 N–H and O–H groups in total. The summed E-state index contributed by atoms with van der Waals surface area (Å²) in [7, 11) is 0. The van der Waals surface area contributed by atoms with Crippen LogP contribution in [0.25, 0.3) is 16.5 Å². The Hall–Kier alpha value is -0.900. The Bertz CT molecular complexity index is 569. The van der Waals surface area contributed by atoms with Crippen LogP contribution in [0.5, 0.6) is 0 Å². The number of halogens is 1. The van der Waals surface area contributed by atoms with Gasteiger partial charge in [-0.2, -0.15) is 0 Å². The minimum Gasteiger partial charge on any atom is -0.324 e. The molecule has 94 valence electrons. The normalized spacial score (nSPS) is 13.7. The Morgan fingerprint density at radius 3 is 2.67 bits per heavy atom. The Balaban J connectivity index is 2.32. The van der Waals surface area contributed by atoms with Gasteiger partial charge < -0.3 is 5.73 Å². The third-order valence-corrected chi connectivity index (χ3v) is 4.61. The van der Waals surface area contributed by atoms with E-state index in [1.165, 1.54) is 20.9 Å². The Morgan fingerprint density at radius 1 is 1.28 bits per heavy atom. The molecule has 1 aromatic heterocycles. The number of hydrogen-bond acceptors (Lipinski definition) is 2. The van der Waals surface area contributed by atoms with Crippen molar-refractivity contribution in [3.63, 3.8) is 0 Å². The Morgan fingerprint density at radius 2 is 2.00 bits per heavy atom. The van der Waals surface area contributed by atoms with Crippen molar-refractivity contribution in [2.75, 3.05) is 0 Å². The van der Waals surface area contributed by atoms with E-state index >= 15 is 0 Å². The van der Waals surface area contributed by atoms with Crippen LogP contribution < -0.4 is 5.73 Å². The van der Waals surface area contributed by atoms with Crippen LogP contribution in [-0.4, -0.2) is 6.04 Å². The standard InChI is InChI=1S/C15H16BrNS/c1-10(11(2)17)9-12-7-8-15(18-12)13-5-3-4-6-14(13)16/h3-9,11H,17H2,1-2H3/b10-9+. The largest absolute Gasteiger partial charge is 0.324 e. The van der Waals surface area contributed by atoms with Gasteiger partial charge in [0, 0.05) is 25.8 Å². The summed E-state index contributed by atoms with van der Waals surface area (Å²) < 4.78 is 1.13. The fourth-order valence-electron chi connectivity index (χ4n) is 1.59. The average Bonchev–Trinajstić information content (AvgIpc) is 2.77. The molecule has 1 unspecified atom stereocenters. The molecule has 0 spiro atoms. The van der Waals surface area contributed by atoms with Gasteiger partial charge in [0.15, 0.2) is 0 Å². The molecular weight excluding hydrogens is 306 g/mol. The van der Waals surface area contributed by atoms with Crippen molar-refractivity contribution < 1.29 is 0 Å². The first-order chi connectivity index (χ1) is 8.58. The van der Waals surface area contributed by atoms with Gasteiger partial charge in [-0.15, -0.1) is 11.3 Å². The van der Waals surface area contributed by atoms with E-state index in [0.717, 1.165) is 4.47 Å². The molecule has 18 heavy (non-hydrogen) atoms. The lowest BCUT2D eigenvalue weighted by molar-refractivity contribution is 0.868. The molecule has 0 fully saturated rings. The smallest absolute Gasteiger partial charge is 0.0360 e. The Kier molecular flexibility index (Phi) is 4.38. The molecule has 0 aliphatic carbocycles. The zero-order valence-electron chi connectivity index (χ0n) is 10.5. The predicted octanol–water partition coefficient (Wildman–Crippen LogP) is 4.93. The van der Waals surface area contributed by atoms with Gasteiger partial charge in [-0.3, -0.25) is 0 Å². The summed E-state index contributed by atoms with van der Waals surface area (Å²) in [5.41, 5.74) is 8.30. The van der Waals surface area contributed by atoms with Crippen LogP contribution in [0.2, 0.25) is 0 Å². The molecule has 0 radical (unpaired) electrons. The SMILES string of the molecule is C/C(=C\c1ccc(-c2ccccc2Br)s1)C(C)N. The topological polar surface area (TPSA) is 26.0 Å². The summed E-state index contributed by atoms with van der Waals surface area (Å²) in [4.78, 5) is 2.52. The molecule has 0 aliphatic heterocycles. The van der Waals surface area contributed by atoms with E-state index in [0.29, 0.717) is 0 Å². The highest BCUT2D eigenvalue weighted by Crippen LogP contribution is 2.34.